The molecule has 10 heteroatoms. The van der Waals surface area contributed by atoms with Crippen molar-refractivity contribution >= 4 is 40.8 Å². The van der Waals surface area contributed by atoms with Crippen molar-refractivity contribution < 1.29 is 9.53 Å². The van der Waals surface area contributed by atoms with Gasteiger partial charge in [0.2, 0.25) is 6.41 Å². The third kappa shape index (κ3) is 4.06. The molecule has 1 amide bonds. The van der Waals surface area contributed by atoms with E-state index in [1.807, 2.05) is 4.90 Å². The summed E-state index contributed by atoms with van der Waals surface area (Å²) in [6.07, 6.45) is 5.51. The van der Waals surface area contributed by atoms with Crippen molar-refractivity contribution in [2.75, 3.05) is 43.9 Å². The van der Waals surface area contributed by atoms with Gasteiger partial charge in [0.25, 0.3) is 0 Å². The molecule has 1 aromatic carbocycles. The average Bonchev–Trinajstić information content (AvgIpc) is 3.16. The molecule has 4 heterocycles. The first-order chi connectivity index (χ1) is 15.6. The minimum absolute atomic E-state index is 0.394. The van der Waals surface area contributed by atoms with E-state index in [0.717, 1.165) is 79.0 Å². The zero-order valence-corrected chi connectivity index (χ0v) is 18.9. The number of hydrogen-bond acceptors (Lipinski definition) is 8. The summed E-state index contributed by atoms with van der Waals surface area (Å²) in [5.74, 6) is 1.87. The molecule has 32 heavy (non-hydrogen) atoms. The van der Waals surface area contributed by atoms with Crippen LogP contribution in [0.4, 0.5) is 11.5 Å². The molecule has 5 rings (SSSR count). The van der Waals surface area contributed by atoms with Gasteiger partial charge in [-0.15, -0.1) is 0 Å². The predicted octanol–water partition coefficient (Wildman–Crippen LogP) is 2.65. The second kappa shape index (κ2) is 8.85. The van der Waals surface area contributed by atoms with Crippen LogP contribution in [0.2, 0.25) is 0 Å². The molecule has 0 bridgehead atoms. The number of ether oxygens (including phenoxy) is 1. The molecule has 168 valence electrons. The van der Waals surface area contributed by atoms with Crippen molar-refractivity contribution in [1.82, 2.24) is 24.4 Å². The third-order valence-corrected chi connectivity index (χ3v) is 7.30. The van der Waals surface area contributed by atoms with Gasteiger partial charge in [-0.1, -0.05) is 11.8 Å². The lowest BCUT2D eigenvalue weighted by atomic mass is 9.94. The number of rotatable bonds is 6. The van der Waals surface area contributed by atoms with E-state index in [4.69, 9.17) is 15.5 Å². The van der Waals surface area contributed by atoms with Crippen LogP contribution in [0.3, 0.4) is 0 Å². The normalized spacial score (nSPS) is 16.8. The largest absolute Gasteiger partial charge is 0.490 e. The molecule has 0 saturated carbocycles. The molecule has 3 aromatic rings. The van der Waals surface area contributed by atoms with Crippen LogP contribution in [0.25, 0.3) is 11.2 Å². The van der Waals surface area contributed by atoms with Crippen molar-refractivity contribution in [1.29, 1.82) is 0 Å². The lowest BCUT2D eigenvalue weighted by Crippen LogP contribution is -2.32. The number of likely N-dealkylation sites (N-methyl/N-ethyl adjacent to an activating group) is 1. The molecule has 0 unspecified atom stereocenters. The average molecular weight is 454 g/mol. The summed E-state index contributed by atoms with van der Waals surface area (Å²) in [7, 11) is 2.08. The van der Waals surface area contributed by atoms with Crippen LogP contribution in [-0.2, 0) is 11.3 Å². The molecule has 2 aliphatic heterocycles. The fourth-order valence-corrected chi connectivity index (χ4v) is 5.32. The summed E-state index contributed by atoms with van der Waals surface area (Å²) in [5.41, 5.74) is 8.61. The maximum absolute atomic E-state index is 11.0. The number of benzene rings is 1. The third-order valence-electron chi connectivity index (χ3n) is 6.32. The Bertz CT molecular complexity index is 1130. The summed E-state index contributed by atoms with van der Waals surface area (Å²) in [5, 5.41) is 0.849. The van der Waals surface area contributed by atoms with E-state index in [0.29, 0.717) is 23.9 Å². The van der Waals surface area contributed by atoms with Gasteiger partial charge < -0.3 is 24.8 Å². The van der Waals surface area contributed by atoms with Crippen LogP contribution in [0.15, 0.2) is 34.6 Å². The van der Waals surface area contributed by atoms with E-state index in [-0.39, 0.29) is 0 Å². The number of fused-ring (bicyclic) bond motifs is 2. The number of nitrogen functional groups attached to an aromatic ring is 1. The van der Waals surface area contributed by atoms with Crippen molar-refractivity contribution in [2.24, 2.45) is 5.92 Å². The van der Waals surface area contributed by atoms with Crippen LogP contribution < -0.4 is 15.4 Å². The van der Waals surface area contributed by atoms with Gasteiger partial charge in [-0.3, -0.25) is 4.79 Å². The van der Waals surface area contributed by atoms with E-state index >= 15 is 0 Å². The first kappa shape index (κ1) is 20.9. The lowest BCUT2D eigenvalue weighted by molar-refractivity contribution is -0.119. The summed E-state index contributed by atoms with van der Waals surface area (Å²) < 4.78 is 8.02. The molecular weight excluding hydrogens is 426 g/mol. The van der Waals surface area contributed by atoms with Gasteiger partial charge in [0.1, 0.15) is 18.7 Å². The topological polar surface area (TPSA) is 102 Å². The Kier molecular flexibility index (Phi) is 5.77. The highest BCUT2D eigenvalue weighted by Gasteiger charge is 2.22. The van der Waals surface area contributed by atoms with E-state index in [9.17, 15) is 4.79 Å². The molecule has 2 N–H and O–H groups in total. The predicted molar refractivity (Wildman–Crippen MR) is 124 cm³/mol. The van der Waals surface area contributed by atoms with Crippen LogP contribution in [0.1, 0.15) is 19.3 Å². The molecule has 0 radical (unpaired) electrons. The van der Waals surface area contributed by atoms with Crippen molar-refractivity contribution in [3.63, 3.8) is 0 Å². The van der Waals surface area contributed by atoms with Crippen LogP contribution in [0.5, 0.6) is 5.75 Å². The number of carbonyl (C=O) groups is 1. The summed E-state index contributed by atoms with van der Waals surface area (Å²) in [6.45, 7) is 4.04. The summed E-state index contributed by atoms with van der Waals surface area (Å²) >= 11 is 1.59. The van der Waals surface area contributed by atoms with Crippen molar-refractivity contribution in [3.05, 3.63) is 24.5 Å². The monoisotopic (exact) mass is 453 g/mol. The van der Waals surface area contributed by atoms with Gasteiger partial charge in [-0.2, -0.15) is 0 Å². The molecule has 9 nitrogen and oxygen atoms in total. The van der Waals surface area contributed by atoms with Gasteiger partial charge in [0.15, 0.2) is 22.1 Å². The number of aryl methyl sites for hydroxylation is 1. The number of hydrogen-bond donors (Lipinski definition) is 1. The van der Waals surface area contributed by atoms with Gasteiger partial charge in [0.05, 0.1) is 12.2 Å². The SMILES string of the molecule is CN1CCOc2cc(Sc3nc4c(N)ncnc4n3CCC3CCN(C=O)CC3)ccc21. The van der Waals surface area contributed by atoms with Gasteiger partial charge in [-0.25, -0.2) is 15.0 Å². The number of piperidine rings is 1. The van der Waals surface area contributed by atoms with E-state index in [1.165, 1.54) is 6.33 Å². The van der Waals surface area contributed by atoms with Crippen LogP contribution in [0, 0.1) is 5.92 Å². The van der Waals surface area contributed by atoms with E-state index < -0.39 is 0 Å². The van der Waals surface area contributed by atoms with Crippen LogP contribution in [-0.4, -0.2) is 64.1 Å². The number of nitrogens with zero attached hydrogens (tertiary/aromatic N) is 6. The summed E-state index contributed by atoms with van der Waals surface area (Å²) in [4.78, 5) is 29.5. The number of imidazole rings is 1. The second-order valence-corrected chi connectivity index (χ2v) is 9.39. The lowest BCUT2D eigenvalue weighted by Gasteiger charge is -2.29. The second-order valence-electron chi connectivity index (χ2n) is 8.35. The highest BCUT2D eigenvalue weighted by atomic mass is 32.2. The van der Waals surface area contributed by atoms with Gasteiger partial charge in [0, 0.05) is 31.6 Å². The zero-order chi connectivity index (χ0) is 22.1. The fraction of sp³-hybridized carbons (Fsp3) is 0.455. The number of carbonyl (C=O) groups excluding carboxylic acids is 1. The fourth-order valence-electron chi connectivity index (χ4n) is 4.38. The number of amides is 1. The first-order valence-electron chi connectivity index (χ1n) is 10.9. The highest BCUT2D eigenvalue weighted by molar-refractivity contribution is 7.99. The Labute approximate surface area is 191 Å². The smallest absolute Gasteiger partial charge is 0.209 e. The Hall–Kier alpha value is -3.01. The first-order valence-corrected chi connectivity index (χ1v) is 11.8. The maximum Gasteiger partial charge on any atom is 0.209 e. The van der Waals surface area contributed by atoms with Gasteiger partial charge in [-0.05, 0) is 43.4 Å². The minimum Gasteiger partial charge on any atom is -0.490 e. The quantitative estimate of drug-likeness (QED) is 0.569. The number of anilines is 2. The Morgan fingerprint density at radius 2 is 2.09 bits per heavy atom. The molecule has 0 atom stereocenters. The van der Waals surface area contributed by atoms with Crippen molar-refractivity contribution in [3.8, 4) is 5.75 Å². The Morgan fingerprint density at radius 3 is 2.91 bits per heavy atom. The standard InChI is InChI=1S/C22H27N7O2S/c1-27-10-11-31-18-12-16(2-3-17(18)27)32-22-26-19-20(23)24-13-25-21(19)29(22)9-6-15-4-7-28(14-30)8-5-15/h2-3,12-15H,4-11H2,1H3,(H2,23,24,25). The molecule has 1 saturated heterocycles. The number of nitrogens with two attached hydrogens (primary N) is 1. The van der Waals surface area contributed by atoms with E-state index in [1.54, 1.807) is 11.8 Å². The maximum atomic E-state index is 11.0. The van der Waals surface area contributed by atoms with Crippen molar-refractivity contribution in [2.45, 2.75) is 35.9 Å². The summed E-state index contributed by atoms with van der Waals surface area (Å²) in [6, 6.07) is 6.27. The molecular formula is C22H27N7O2S. The number of aromatic nitrogens is 4. The number of likely N-dealkylation sites (tertiary alicyclic amines) is 1. The zero-order valence-electron chi connectivity index (χ0n) is 18.1. The Balaban J connectivity index is 1.40. The van der Waals surface area contributed by atoms with Crippen LogP contribution >= 0.6 is 11.8 Å². The van der Waals surface area contributed by atoms with E-state index in [2.05, 4.69) is 44.7 Å². The molecule has 2 aromatic heterocycles. The molecule has 0 spiro atoms. The highest BCUT2D eigenvalue weighted by Crippen LogP contribution is 2.38. The Morgan fingerprint density at radius 1 is 1.25 bits per heavy atom. The molecule has 2 aliphatic rings. The molecule has 1 fully saturated rings. The van der Waals surface area contributed by atoms with Gasteiger partial charge >= 0.3 is 0 Å². The molecule has 0 aliphatic carbocycles. The minimum atomic E-state index is 0.394.